The Hall–Kier alpha value is -3.15. The first-order chi connectivity index (χ1) is 13.3. The molecule has 0 spiro atoms. The van der Waals surface area contributed by atoms with Crippen molar-refractivity contribution in [2.75, 3.05) is 0 Å². The van der Waals surface area contributed by atoms with Crippen LogP contribution in [0.4, 0.5) is 0 Å². The highest BCUT2D eigenvalue weighted by atomic mass is 16.5. The Morgan fingerprint density at radius 3 is 2.21 bits per heavy atom. The molecule has 28 heavy (non-hydrogen) atoms. The average Bonchev–Trinajstić information content (AvgIpc) is 2.64. The second-order valence-electron chi connectivity index (χ2n) is 7.13. The zero-order chi connectivity index (χ0) is 20.7. The van der Waals surface area contributed by atoms with Gasteiger partial charge in [0.15, 0.2) is 0 Å². The molecule has 148 valence electrons. The zero-order valence-corrected chi connectivity index (χ0v) is 16.4. The molecular formula is C22H28N4O2. The smallest absolute Gasteiger partial charge is 0.306 e. The molecule has 2 aromatic carbocycles. The molecule has 0 saturated carbocycles. The van der Waals surface area contributed by atoms with E-state index < -0.39 is 0 Å². The molecule has 0 radical (unpaired) electrons. The summed E-state index contributed by atoms with van der Waals surface area (Å²) in [6.07, 6.45) is 1.62. The molecule has 6 N–H and O–H groups in total. The lowest BCUT2D eigenvalue weighted by Gasteiger charge is -2.19. The highest BCUT2D eigenvalue weighted by Gasteiger charge is 2.19. The molecule has 6 nitrogen and oxygen atoms in total. The van der Waals surface area contributed by atoms with Crippen LogP contribution in [0.5, 0.6) is 0 Å². The number of nitrogen functional groups attached to an aromatic ring is 2. The zero-order valence-electron chi connectivity index (χ0n) is 16.4. The summed E-state index contributed by atoms with van der Waals surface area (Å²) >= 11 is 0. The summed E-state index contributed by atoms with van der Waals surface area (Å²) < 4.78 is 5.33. The van der Waals surface area contributed by atoms with Gasteiger partial charge in [-0.3, -0.25) is 15.6 Å². The van der Waals surface area contributed by atoms with E-state index >= 15 is 0 Å². The molecule has 2 aromatic rings. The predicted octanol–water partition coefficient (Wildman–Crippen LogP) is 3.31. The van der Waals surface area contributed by atoms with Crippen molar-refractivity contribution in [3.05, 3.63) is 70.8 Å². The van der Waals surface area contributed by atoms with E-state index in [2.05, 4.69) is 0 Å². The average molecular weight is 380 g/mol. The van der Waals surface area contributed by atoms with Crippen molar-refractivity contribution in [2.45, 2.75) is 45.1 Å². The molecular weight excluding hydrogens is 352 g/mol. The lowest BCUT2D eigenvalue weighted by molar-refractivity contribution is -0.147. The summed E-state index contributed by atoms with van der Waals surface area (Å²) in [5.41, 5.74) is 14.5. The molecule has 0 bridgehead atoms. The monoisotopic (exact) mass is 380 g/mol. The van der Waals surface area contributed by atoms with Crippen LogP contribution in [0, 0.1) is 10.8 Å². The van der Waals surface area contributed by atoms with Gasteiger partial charge in [0.25, 0.3) is 0 Å². The number of hydrogen-bond donors (Lipinski definition) is 4. The topological polar surface area (TPSA) is 126 Å². The van der Waals surface area contributed by atoms with Crippen molar-refractivity contribution < 1.29 is 9.53 Å². The van der Waals surface area contributed by atoms with E-state index in [4.69, 9.17) is 27.0 Å². The van der Waals surface area contributed by atoms with Crippen LogP contribution in [-0.2, 0) is 16.0 Å². The minimum atomic E-state index is -0.236. The van der Waals surface area contributed by atoms with Gasteiger partial charge in [0.05, 0.1) is 12.5 Å². The summed E-state index contributed by atoms with van der Waals surface area (Å²) in [4.78, 5) is 12.3. The summed E-state index contributed by atoms with van der Waals surface area (Å²) in [7, 11) is 0. The first-order valence-electron chi connectivity index (χ1n) is 9.33. The second-order valence-corrected chi connectivity index (χ2v) is 7.13. The Morgan fingerprint density at radius 1 is 1.00 bits per heavy atom. The van der Waals surface area contributed by atoms with E-state index in [1.807, 2.05) is 56.3 Å². The van der Waals surface area contributed by atoms with Crippen LogP contribution in [0.1, 0.15) is 54.9 Å². The van der Waals surface area contributed by atoms with E-state index in [-0.39, 0.29) is 36.1 Å². The first kappa shape index (κ1) is 21.2. The number of benzene rings is 2. The van der Waals surface area contributed by atoms with Crippen molar-refractivity contribution in [2.24, 2.45) is 11.5 Å². The Bertz CT molecular complexity index is 844. The molecule has 0 fully saturated rings. The molecule has 0 aromatic heterocycles. The molecule has 1 atom stereocenters. The molecule has 2 rings (SSSR count). The number of amidine groups is 2. The van der Waals surface area contributed by atoms with E-state index in [1.165, 1.54) is 0 Å². The van der Waals surface area contributed by atoms with Gasteiger partial charge in [0, 0.05) is 11.1 Å². The minimum Gasteiger partial charge on any atom is -0.463 e. The van der Waals surface area contributed by atoms with Crippen LogP contribution in [0.15, 0.2) is 48.5 Å². The van der Waals surface area contributed by atoms with Gasteiger partial charge < -0.3 is 16.2 Å². The third kappa shape index (κ3) is 6.23. The molecule has 0 amide bonds. The predicted molar refractivity (Wildman–Crippen MR) is 112 cm³/mol. The van der Waals surface area contributed by atoms with E-state index in [0.717, 1.165) is 24.0 Å². The summed E-state index contributed by atoms with van der Waals surface area (Å²) in [5.74, 6) is -0.231. The van der Waals surface area contributed by atoms with E-state index in [0.29, 0.717) is 11.1 Å². The minimum absolute atomic E-state index is 0.00479. The van der Waals surface area contributed by atoms with Crippen molar-refractivity contribution in [3.63, 3.8) is 0 Å². The number of aryl methyl sites for hydroxylation is 1. The maximum atomic E-state index is 12.3. The number of carbonyl (C=O) groups excluding carboxylic acids is 1. The van der Waals surface area contributed by atoms with Gasteiger partial charge >= 0.3 is 5.97 Å². The lowest BCUT2D eigenvalue weighted by Crippen LogP contribution is -2.16. The molecule has 0 aliphatic heterocycles. The molecule has 0 saturated heterocycles. The van der Waals surface area contributed by atoms with Crippen LogP contribution >= 0.6 is 0 Å². The summed E-state index contributed by atoms with van der Waals surface area (Å²) in [5, 5.41) is 15.1. The SMILES string of the molecule is CC(C)OC(=O)C[C@@H](CCc1ccc(C(=N)N)cc1)c1cccc(C(=N)N)c1. The van der Waals surface area contributed by atoms with Crippen LogP contribution in [-0.4, -0.2) is 23.7 Å². The molecule has 0 heterocycles. The van der Waals surface area contributed by atoms with Crippen molar-refractivity contribution in [1.29, 1.82) is 10.8 Å². The Labute approximate surface area is 165 Å². The van der Waals surface area contributed by atoms with Gasteiger partial charge in [0.2, 0.25) is 0 Å². The quantitative estimate of drug-likeness (QED) is 0.302. The van der Waals surface area contributed by atoms with E-state index in [9.17, 15) is 4.79 Å². The molecule has 6 heteroatoms. The maximum Gasteiger partial charge on any atom is 0.306 e. The largest absolute Gasteiger partial charge is 0.463 e. The second kappa shape index (κ2) is 9.69. The number of esters is 1. The normalized spacial score (nSPS) is 11.8. The number of hydrogen-bond acceptors (Lipinski definition) is 4. The maximum absolute atomic E-state index is 12.3. The summed E-state index contributed by atoms with van der Waals surface area (Å²) in [6.45, 7) is 3.67. The van der Waals surface area contributed by atoms with Crippen molar-refractivity contribution in [1.82, 2.24) is 0 Å². The van der Waals surface area contributed by atoms with Crippen LogP contribution in [0.25, 0.3) is 0 Å². The van der Waals surface area contributed by atoms with Crippen molar-refractivity contribution >= 4 is 17.6 Å². The highest BCUT2D eigenvalue weighted by molar-refractivity contribution is 5.95. The van der Waals surface area contributed by atoms with Crippen LogP contribution in [0.3, 0.4) is 0 Å². The fourth-order valence-electron chi connectivity index (χ4n) is 3.05. The molecule has 0 aliphatic rings. The van der Waals surface area contributed by atoms with Gasteiger partial charge in [-0.05, 0) is 49.8 Å². The van der Waals surface area contributed by atoms with Crippen molar-refractivity contribution in [3.8, 4) is 0 Å². The van der Waals surface area contributed by atoms with Gasteiger partial charge in [-0.2, -0.15) is 0 Å². The van der Waals surface area contributed by atoms with Gasteiger partial charge in [-0.1, -0.05) is 42.5 Å². The fourth-order valence-corrected chi connectivity index (χ4v) is 3.05. The third-order valence-corrected chi connectivity index (χ3v) is 4.50. The first-order valence-corrected chi connectivity index (χ1v) is 9.33. The van der Waals surface area contributed by atoms with Gasteiger partial charge in [-0.25, -0.2) is 0 Å². The number of ether oxygens (including phenoxy) is 1. The molecule has 0 unspecified atom stereocenters. The van der Waals surface area contributed by atoms with Gasteiger partial charge in [0.1, 0.15) is 11.7 Å². The third-order valence-electron chi connectivity index (χ3n) is 4.50. The number of nitrogens with two attached hydrogens (primary N) is 2. The van der Waals surface area contributed by atoms with Crippen LogP contribution < -0.4 is 11.5 Å². The Kier molecular flexibility index (Phi) is 7.32. The molecule has 0 aliphatic carbocycles. The van der Waals surface area contributed by atoms with E-state index in [1.54, 1.807) is 6.07 Å². The Balaban J connectivity index is 2.17. The lowest BCUT2D eigenvalue weighted by atomic mass is 9.88. The summed E-state index contributed by atoms with van der Waals surface area (Å²) in [6, 6.07) is 15.0. The standard InChI is InChI=1S/C22H28N4O2/c1-14(2)28-20(27)13-18(17-4-3-5-19(12-17)22(25)26)11-8-15-6-9-16(10-7-15)21(23)24/h3-7,9-10,12,14,18H,8,11,13H2,1-2H3,(H3,23,24)(H3,25,26)/t18-/m1/s1. The number of carbonyl (C=O) groups is 1. The van der Waals surface area contributed by atoms with Crippen LogP contribution in [0.2, 0.25) is 0 Å². The number of nitrogens with one attached hydrogen (secondary N) is 2. The fraction of sp³-hybridized carbons (Fsp3) is 0.318. The number of rotatable bonds is 9. The van der Waals surface area contributed by atoms with Gasteiger partial charge in [-0.15, -0.1) is 0 Å². The Morgan fingerprint density at radius 2 is 1.64 bits per heavy atom. The highest BCUT2D eigenvalue weighted by Crippen LogP contribution is 2.27.